The predicted octanol–water partition coefficient (Wildman–Crippen LogP) is 3.26. The molecule has 1 unspecified atom stereocenters. The molecule has 7 heteroatoms. The molecule has 4 nitrogen and oxygen atoms in total. The van der Waals surface area contributed by atoms with Crippen LogP contribution >= 0.6 is 11.6 Å². The molecule has 0 radical (unpaired) electrons. The summed E-state index contributed by atoms with van der Waals surface area (Å²) < 4.78 is 30.7. The Kier molecular flexibility index (Phi) is 5.97. The van der Waals surface area contributed by atoms with Crippen molar-refractivity contribution in [3.05, 3.63) is 23.2 Å². The fourth-order valence-corrected chi connectivity index (χ4v) is 2.78. The molecule has 1 aliphatic heterocycles. The summed E-state index contributed by atoms with van der Waals surface area (Å²) in [6, 6.07) is 4.91. The van der Waals surface area contributed by atoms with Crippen molar-refractivity contribution in [3.63, 3.8) is 0 Å². The molecule has 1 atom stereocenters. The highest BCUT2D eigenvalue weighted by molar-refractivity contribution is 6.31. The SMILES string of the molecule is COc1ccc(Cl)cc1NC(=O)CN1CCCC(C(F)F)C1. The monoisotopic (exact) mass is 332 g/mol. The van der Waals surface area contributed by atoms with Gasteiger partial charge in [0, 0.05) is 17.5 Å². The van der Waals surface area contributed by atoms with E-state index in [-0.39, 0.29) is 19.0 Å². The molecule has 1 fully saturated rings. The van der Waals surface area contributed by atoms with Gasteiger partial charge in [-0.05, 0) is 37.6 Å². The number of nitrogens with zero attached hydrogens (tertiary/aromatic N) is 1. The van der Waals surface area contributed by atoms with Crippen LogP contribution in [0, 0.1) is 5.92 Å². The molecule has 1 saturated heterocycles. The van der Waals surface area contributed by atoms with Crippen molar-refractivity contribution in [1.29, 1.82) is 0 Å². The second kappa shape index (κ2) is 7.74. The number of piperidine rings is 1. The van der Waals surface area contributed by atoms with Gasteiger partial charge in [-0.25, -0.2) is 8.78 Å². The number of amides is 1. The van der Waals surface area contributed by atoms with Crippen LogP contribution in [0.5, 0.6) is 5.75 Å². The minimum absolute atomic E-state index is 0.0822. The van der Waals surface area contributed by atoms with E-state index in [1.165, 1.54) is 7.11 Å². The Morgan fingerprint density at radius 1 is 1.55 bits per heavy atom. The second-order valence-electron chi connectivity index (χ2n) is 5.36. The number of anilines is 1. The topological polar surface area (TPSA) is 41.6 Å². The third-order valence-electron chi connectivity index (χ3n) is 3.70. The Labute approximate surface area is 133 Å². The van der Waals surface area contributed by atoms with Crippen LogP contribution in [-0.2, 0) is 4.79 Å². The zero-order valence-electron chi connectivity index (χ0n) is 12.3. The van der Waals surface area contributed by atoms with E-state index in [4.69, 9.17) is 16.3 Å². The van der Waals surface area contributed by atoms with Gasteiger partial charge in [0.05, 0.1) is 19.3 Å². The summed E-state index contributed by atoms with van der Waals surface area (Å²) in [5.74, 6) is -0.417. The van der Waals surface area contributed by atoms with Crippen LogP contribution in [0.2, 0.25) is 5.02 Å². The average Bonchev–Trinajstić information content (AvgIpc) is 2.47. The van der Waals surface area contributed by atoms with Crippen LogP contribution in [0.3, 0.4) is 0 Å². The van der Waals surface area contributed by atoms with Gasteiger partial charge >= 0.3 is 0 Å². The van der Waals surface area contributed by atoms with Gasteiger partial charge in [-0.2, -0.15) is 0 Å². The highest BCUT2D eigenvalue weighted by atomic mass is 35.5. The summed E-state index contributed by atoms with van der Waals surface area (Å²) in [5.41, 5.74) is 0.474. The smallest absolute Gasteiger partial charge is 0.242 e. The van der Waals surface area contributed by atoms with Gasteiger partial charge in [-0.1, -0.05) is 11.6 Å². The number of ether oxygens (including phenoxy) is 1. The lowest BCUT2D eigenvalue weighted by atomic mass is 9.99. The summed E-state index contributed by atoms with van der Waals surface area (Å²) in [4.78, 5) is 13.9. The summed E-state index contributed by atoms with van der Waals surface area (Å²) in [6.07, 6.45) is -1.14. The van der Waals surface area contributed by atoms with Crippen molar-refractivity contribution in [2.75, 3.05) is 32.1 Å². The van der Waals surface area contributed by atoms with E-state index in [2.05, 4.69) is 5.32 Å². The molecular formula is C15H19ClF2N2O2. The highest BCUT2D eigenvalue weighted by Crippen LogP contribution is 2.28. The number of halogens is 3. The standard InChI is InChI=1S/C15H19ClF2N2O2/c1-22-13-5-4-11(16)7-12(13)19-14(21)9-20-6-2-3-10(8-20)15(17)18/h4-5,7,10,15H,2-3,6,8-9H2,1H3,(H,19,21). The third-order valence-corrected chi connectivity index (χ3v) is 3.94. The lowest BCUT2D eigenvalue weighted by Gasteiger charge is -2.31. The maximum absolute atomic E-state index is 12.8. The molecule has 122 valence electrons. The third kappa shape index (κ3) is 4.55. The lowest BCUT2D eigenvalue weighted by Crippen LogP contribution is -2.42. The predicted molar refractivity (Wildman–Crippen MR) is 81.8 cm³/mol. The quantitative estimate of drug-likeness (QED) is 0.900. The first-order valence-corrected chi connectivity index (χ1v) is 7.51. The molecule has 0 aromatic heterocycles. The van der Waals surface area contributed by atoms with E-state index in [1.807, 2.05) is 0 Å². The number of carbonyl (C=O) groups is 1. The molecule has 22 heavy (non-hydrogen) atoms. The summed E-state index contributed by atoms with van der Waals surface area (Å²) >= 11 is 5.90. The maximum Gasteiger partial charge on any atom is 0.242 e. The number of hydrogen-bond donors (Lipinski definition) is 1. The fraction of sp³-hybridized carbons (Fsp3) is 0.533. The number of rotatable bonds is 5. The van der Waals surface area contributed by atoms with E-state index < -0.39 is 12.3 Å². The van der Waals surface area contributed by atoms with Crippen molar-refractivity contribution in [2.45, 2.75) is 19.3 Å². The Balaban J connectivity index is 1.94. The number of benzene rings is 1. The van der Waals surface area contributed by atoms with E-state index in [0.717, 1.165) is 0 Å². The first-order chi connectivity index (χ1) is 10.5. The van der Waals surface area contributed by atoms with Gasteiger partial charge < -0.3 is 10.1 Å². The maximum atomic E-state index is 12.8. The lowest BCUT2D eigenvalue weighted by molar-refractivity contribution is -0.118. The largest absolute Gasteiger partial charge is 0.495 e. The molecule has 1 N–H and O–H groups in total. The van der Waals surface area contributed by atoms with Gasteiger partial charge in [0.15, 0.2) is 0 Å². The Morgan fingerprint density at radius 2 is 2.32 bits per heavy atom. The number of carbonyl (C=O) groups excluding carboxylic acids is 1. The summed E-state index contributed by atoms with van der Waals surface area (Å²) in [7, 11) is 1.50. The zero-order valence-corrected chi connectivity index (χ0v) is 13.1. The van der Waals surface area contributed by atoms with Crippen LogP contribution in [0.25, 0.3) is 0 Å². The first kappa shape index (κ1) is 17.0. The van der Waals surface area contributed by atoms with Crippen molar-refractivity contribution in [1.82, 2.24) is 4.90 Å². The summed E-state index contributed by atoms with van der Waals surface area (Å²) in [6.45, 7) is 0.986. The highest BCUT2D eigenvalue weighted by Gasteiger charge is 2.27. The Bertz CT molecular complexity index is 528. The van der Waals surface area contributed by atoms with E-state index in [9.17, 15) is 13.6 Å². The molecule has 0 bridgehead atoms. The first-order valence-electron chi connectivity index (χ1n) is 7.13. The molecule has 0 saturated carbocycles. The van der Waals surface area contributed by atoms with Crippen LogP contribution < -0.4 is 10.1 Å². The molecule has 1 amide bonds. The summed E-state index contributed by atoms with van der Waals surface area (Å²) in [5, 5.41) is 3.19. The molecule has 1 aliphatic rings. The van der Waals surface area contributed by atoms with E-state index in [0.29, 0.717) is 35.8 Å². The molecule has 1 aromatic carbocycles. The molecule has 2 rings (SSSR count). The Hall–Kier alpha value is -1.40. The van der Waals surface area contributed by atoms with Crippen molar-refractivity contribution < 1.29 is 18.3 Å². The average molecular weight is 333 g/mol. The van der Waals surface area contributed by atoms with Gasteiger partial charge in [-0.3, -0.25) is 9.69 Å². The second-order valence-corrected chi connectivity index (χ2v) is 5.80. The Morgan fingerprint density at radius 3 is 3.00 bits per heavy atom. The number of methoxy groups -OCH3 is 1. The normalized spacial score (nSPS) is 19.2. The van der Waals surface area contributed by atoms with Gasteiger partial charge in [0.2, 0.25) is 12.3 Å². The van der Waals surface area contributed by atoms with E-state index in [1.54, 1.807) is 23.1 Å². The van der Waals surface area contributed by atoms with Gasteiger partial charge in [0.25, 0.3) is 0 Å². The zero-order chi connectivity index (χ0) is 16.1. The molecule has 1 heterocycles. The number of alkyl halides is 2. The minimum Gasteiger partial charge on any atom is -0.495 e. The van der Waals surface area contributed by atoms with Gasteiger partial charge in [0.1, 0.15) is 5.75 Å². The molecular weight excluding hydrogens is 314 g/mol. The molecule has 1 aromatic rings. The van der Waals surface area contributed by atoms with E-state index >= 15 is 0 Å². The number of likely N-dealkylation sites (tertiary alicyclic amines) is 1. The van der Waals surface area contributed by atoms with Crippen LogP contribution in [0.1, 0.15) is 12.8 Å². The van der Waals surface area contributed by atoms with Crippen LogP contribution in [-0.4, -0.2) is 44.0 Å². The molecule has 0 spiro atoms. The van der Waals surface area contributed by atoms with Crippen LogP contribution in [0.4, 0.5) is 14.5 Å². The molecule has 0 aliphatic carbocycles. The fourth-order valence-electron chi connectivity index (χ4n) is 2.61. The number of hydrogen-bond acceptors (Lipinski definition) is 3. The minimum atomic E-state index is -2.33. The van der Waals surface area contributed by atoms with Crippen LogP contribution in [0.15, 0.2) is 18.2 Å². The number of nitrogens with one attached hydrogen (secondary N) is 1. The van der Waals surface area contributed by atoms with Gasteiger partial charge in [-0.15, -0.1) is 0 Å². The van der Waals surface area contributed by atoms with Crippen molar-refractivity contribution in [3.8, 4) is 5.75 Å². The van der Waals surface area contributed by atoms with Crippen molar-refractivity contribution >= 4 is 23.2 Å². The van der Waals surface area contributed by atoms with Crippen molar-refractivity contribution in [2.24, 2.45) is 5.92 Å².